The van der Waals surface area contributed by atoms with Crippen LogP contribution in [-0.2, 0) is 21.4 Å². The maximum Gasteiger partial charge on any atom is 0.251 e. The fourth-order valence-corrected chi connectivity index (χ4v) is 5.78. The first-order valence-corrected chi connectivity index (χ1v) is 12.2. The number of pyridine rings is 1. The fourth-order valence-electron chi connectivity index (χ4n) is 4.30. The summed E-state index contributed by atoms with van der Waals surface area (Å²) >= 11 is 0. The average molecular weight is 424 g/mol. The summed E-state index contributed by atoms with van der Waals surface area (Å²) in [5.74, 6) is 0.624. The molecular formula is C21H33N3O4S. The van der Waals surface area contributed by atoms with Crippen LogP contribution in [0.1, 0.15) is 59.3 Å². The van der Waals surface area contributed by atoms with Gasteiger partial charge in [0.2, 0.25) is 15.9 Å². The first-order valence-electron chi connectivity index (χ1n) is 10.8. The van der Waals surface area contributed by atoms with Crippen LogP contribution in [0.3, 0.4) is 0 Å². The number of rotatable bonds is 8. The molecule has 1 aromatic rings. The second-order valence-electron chi connectivity index (χ2n) is 8.37. The van der Waals surface area contributed by atoms with Gasteiger partial charge in [-0.1, -0.05) is 20.8 Å². The smallest absolute Gasteiger partial charge is 0.251 e. The van der Waals surface area contributed by atoms with Crippen LogP contribution in [0.15, 0.2) is 28.0 Å². The Balaban J connectivity index is 1.81. The van der Waals surface area contributed by atoms with Crippen LogP contribution in [-0.4, -0.2) is 53.3 Å². The molecule has 1 amide bonds. The van der Waals surface area contributed by atoms with E-state index in [4.69, 9.17) is 0 Å². The summed E-state index contributed by atoms with van der Waals surface area (Å²) in [5, 5.41) is 0. The lowest BCUT2D eigenvalue weighted by atomic mass is 9.86. The Morgan fingerprint density at radius 2 is 1.59 bits per heavy atom. The molecule has 29 heavy (non-hydrogen) atoms. The Morgan fingerprint density at radius 1 is 1.03 bits per heavy atom. The minimum Gasteiger partial charge on any atom is -0.335 e. The molecule has 0 unspecified atom stereocenters. The van der Waals surface area contributed by atoms with E-state index in [9.17, 15) is 18.0 Å². The zero-order valence-corrected chi connectivity index (χ0v) is 18.5. The van der Waals surface area contributed by atoms with Gasteiger partial charge in [0, 0.05) is 37.4 Å². The van der Waals surface area contributed by atoms with Crippen LogP contribution >= 0.6 is 0 Å². The van der Waals surface area contributed by atoms with Gasteiger partial charge in [0.15, 0.2) is 0 Å². The molecule has 8 heteroatoms. The molecule has 2 fully saturated rings. The summed E-state index contributed by atoms with van der Waals surface area (Å²) in [6.07, 6.45) is 7.62. The third-order valence-electron chi connectivity index (χ3n) is 6.21. The Morgan fingerprint density at radius 3 is 2.10 bits per heavy atom. The van der Waals surface area contributed by atoms with Gasteiger partial charge >= 0.3 is 0 Å². The van der Waals surface area contributed by atoms with Crippen molar-refractivity contribution in [2.75, 3.05) is 13.1 Å². The second kappa shape index (κ2) is 9.00. The van der Waals surface area contributed by atoms with E-state index in [1.807, 2.05) is 4.90 Å². The molecule has 2 aliphatic carbocycles. The van der Waals surface area contributed by atoms with Crippen LogP contribution in [0.5, 0.6) is 0 Å². The lowest BCUT2D eigenvalue weighted by molar-refractivity contribution is -0.135. The molecule has 2 aliphatic rings. The Hall–Kier alpha value is -1.67. The Bertz CT molecular complexity index is 879. The van der Waals surface area contributed by atoms with Gasteiger partial charge in [-0.15, -0.1) is 0 Å². The molecule has 162 valence electrons. The highest BCUT2D eigenvalue weighted by molar-refractivity contribution is 7.89. The number of hydrogen-bond acceptors (Lipinski definition) is 4. The van der Waals surface area contributed by atoms with Gasteiger partial charge in [0.1, 0.15) is 6.54 Å². The highest BCUT2D eigenvalue weighted by Gasteiger charge is 2.38. The summed E-state index contributed by atoms with van der Waals surface area (Å²) in [4.78, 5) is 27.5. The molecule has 1 aromatic heterocycles. The van der Waals surface area contributed by atoms with Crippen LogP contribution in [0, 0.1) is 5.92 Å². The van der Waals surface area contributed by atoms with Crippen LogP contribution in [0.2, 0.25) is 0 Å². The van der Waals surface area contributed by atoms with Crippen LogP contribution in [0.4, 0.5) is 0 Å². The monoisotopic (exact) mass is 423 g/mol. The number of nitrogens with zero attached hydrogens (tertiary/aromatic N) is 3. The number of aromatic nitrogens is 1. The number of hydrogen-bond donors (Lipinski definition) is 0. The summed E-state index contributed by atoms with van der Waals surface area (Å²) in [6, 6.07) is 3.09. The highest BCUT2D eigenvalue weighted by Crippen LogP contribution is 2.35. The van der Waals surface area contributed by atoms with E-state index in [2.05, 4.69) is 6.92 Å². The zero-order valence-electron chi connectivity index (χ0n) is 17.7. The van der Waals surface area contributed by atoms with Crippen molar-refractivity contribution in [3.05, 3.63) is 28.7 Å². The minimum atomic E-state index is -3.68. The van der Waals surface area contributed by atoms with Crippen molar-refractivity contribution in [3.8, 4) is 0 Å². The van der Waals surface area contributed by atoms with Crippen LogP contribution in [0.25, 0.3) is 0 Å². The van der Waals surface area contributed by atoms with E-state index in [-0.39, 0.29) is 35.0 Å². The van der Waals surface area contributed by atoms with E-state index in [0.717, 1.165) is 38.5 Å². The van der Waals surface area contributed by atoms with E-state index >= 15 is 0 Å². The molecular weight excluding hydrogens is 390 g/mol. The molecule has 0 spiro atoms. The summed E-state index contributed by atoms with van der Waals surface area (Å²) in [6.45, 7) is 6.40. The standard InChI is InChI=1S/C21H33N3O4S/c1-4-23(5-2)29(27,28)19-12-13-20(25)22(14-19)15-21(26)24(18-10-11-18)17-8-6-16(3)7-9-17/h12-14,16-18H,4-11,15H2,1-3H3. The van der Waals surface area contributed by atoms with Crippen molar-refractivity contribution in [2.24, 2.45) is 5.92 Å². The molecule has 0 bridgehead atoms. The summed E-state index contributed by atoms with van der Waals surface area (Å²) < 4.78 is 28.2. The fraction of sp³-hybridized carbons (Fsp3) is 0.714. The van der Waals surface area contributed by atoms with Gasteiger partial charge in [-0.25, -0.2) is 8.42 Å². The molecule has 3 rings (SSSR count). The van der Waals surface area contributed by atoms with E-state index in [0.29, 0.717) is 19.0 Å². The number of carbonyl (C=O) groups is 1. The number of amides is 1. The van der Waals surface area contributed by atoms with Crippen molar-refractivity contribution >= 4 is 15.9 Å². The van der Waals surface area contributed by atoms with Crippen LogP contribution < -0.4 is 5.56 Å². The molecule has 0 aliphatic heterocycles. The van der Waals surface area contributed by atoms with Gasteiger partial charge in [-0.2, -0.15) is 4.31 Å². The van der Waals surface area contributed by atoms with Crippen molar-refractivity contribution < 1.29 is 13.2 Å². The molecule has 0 atom stereocenters. The maximum absolute atomic E-state index is 13.1. The average Bonchev–Trinajstić information content (AvgIpc) is 3.51. The maximum atomic E-state index is 13.1. The third kappa shape index (κ3) is 4.91. The van der Waals surface area contributed by atoms with E-state index in [1.165, 1.54) is 27.2 Å². The SMILES string of the molecule is CCN(CC)S(=O)(=O)c1ccc(=O)n(CC(=O)N(C2CCC(C)CC2)C2CC2)c1. The van der Waals surface area contributed by atoms with Crippen molar-refractivity contribution in [3.63, 3.8) is 0 Å². The molecule has 1 heterocycles. The third-order valence-corrected chi connectivity index (χ3v) is 8.25. The first-order chi connectivity index (χ1) is 13.8. The molecule has 0 N–H and O–H groups in total. The molecule has 0 radical (unpaired) electrons. The quantitative estimate of drug-likeness (QED) is 0.643. The summed E-state index contributed by atoms with van der Waals surface area (Å²) in [5.41, 5.74) is -0.357. The van der Waals surface area contributed by atoms with Gasteiger partial charge in [0.05, 0.1) is 4.90 Å². The van der Waals surface area contributed by atoms with Crippen molar-refractivity contribution in [1.82, 2.24) is 13.8 Å². The highest BCUT2D eigenvalue weighted by atomic mass is 32.2. The van der Waals surface area contributed by atoms with E-state index < -0.39 is 10.0 Å². The molecule has 0 saturated heterocycles. The first kappa shape index (κ1) is 22.0. The number of sulfonamides is 1. The minimum absolute atomic E-state index is 0.0538. The van der Waals surface area contributed by atoms with Crippen molar-refractivity contribution in [2.45, 2.75) is 82.8 Å². The van der Waals surface area contributed by atoms with Gasteiger partial charge in [-0.05, 0) is 50.5 Å². The zero-order chi connectivity index (χ0) is 21.2. The van der Waals surface area contributed by atoms with Gasteiger partial charge in [0.25, 0.3) is 5.56 Å². The van der Waals surface area contributed by atoms with Crippen molar-refractivity contribution in [1.29, 1.82) is 0 Å². The molecule has 7 nitrogen and oxygen atoms in total. The molecule has 0 aromatic carbocycles. The second-order valence-corrected chi connectivity index (χ2v) is 10.3. The molecule has 2 saturated carbocycles. The topological polar surface area (TPSA) is 79.7 Å². The predicted octanol–water partition coefficient (Wildman–Crippen LogP) is 2.45. The lowest BCUT2D eigenvalue weighted by Gasteiger charge is -2.36. The lowest BCUT2D eigenvalue weighted by Crippen LogP contribution is -2.46. The predicted molar refractivity (Wildman–Crippen MR) is 112 cm³/mol. The van der Waals surface area contributed by atoms with Gasteiger partial charge < -0.3 is 9.47 Å². The Labute approximate surface area is 173 Å². The normalized spacial score (nSPS) is 22.6. The largest absolute Gasteiger partial charge is 0.335 e. The van der Waals surface area contributed by atoms with E-state index in [1.54, 1.807) is 13.8 Å². The summed E-state index contributed by atoms with van der Waals surface area (Å²) in [7, 11) is -3.68. The van der Waals surface area contributed by atoms with Gasteiger partial charge in [-0.3, -0.25) is 9.59 Å². The number of carbonyl (C=O) groups excluding carboxylic acids is 1. The Kier molecular flexibility index (Phi) is 6.83.